The van der Waals surface area contributed by atoms with Crippen molar-refractivity contribution >= 4 is 29.0 Å². The molecule has 140 valence electrons. The minimum Gasteiger partial charge on any atom is -0.397 e. The average Bonchev–Trinajstić information content (AvgIpc) is 3.15. The van der Waals surface area contributed by atoms with E-state index in [4.69, 9.17) is 5.73 Å². The third-order valence-electron chi connectivity index (χ3n) is 4.74. The maximum Gasteiger partial charge on any atom is 0.322 e. The van der Waals surface area contributed by atoms with Crippen LogP contribution in [0.1, 0.15) is 21.5 Å². The van der Waals surface area contributed by atoms with E-state index in [1.54, 1.807) is 53.4 Å². The maximum atomic E-state index is 12.5. The molecule has 3 amide bonds. The molecular weight excluding hydrogens is 352 g/mol. The van der Waals surface area contributed by atoms with E-state index in [0.29, 0.717) is 35.7 Å². The number of para-hydroxylation sites is 2. The summed E-state index contributed by atoms with van der Waals surface area (Å²) in [5, 5.41) is 5.66. The first kappa shape index (κ1) is 17.6. The predicted octanol–water partition coefficient (Wildman–Crippen LogP) is 4.07. The van der Waals surface area contributed by atoms with Gasteiger partial charge in [-0.15, -0.1) is 0 Å². The minimum absolute atomic E-state index is 0.162. The molecule has 3 aromatic rings. The lowest BCUT2D eigenvalue weighted by atomic mass is 10.1. The Balaban J connectivity index is 1.38. The fraction of sp³-hybridized carbons (Fsp3) is 0.0909. The lowest BCUT2D eigenvalue weighted by Gasteiger charge is -2.16. The van der Waals surface area contributed by atoms with Crippen LogP contribution in [-0.4, -0.2) is 16.8 Å². The second-order valence-corrected chi connectivity index (χ2v) is 6.67. The summed E-state index contributed by atoms with van der Waals surface area (Å²) >= 11 is 0. The van der Waals surface area contributed by atoms with Gasteiger partial charge in [0.25, 0.3) is 5.91 Å². The molecule has 1 heterocycles. The molecule has 0 unspecified atom stereocenters. The third-order valence-corrected chi connectivity index (χ3v) is 4.74. The van der Waals surface area contributed by atoms with Crippen LogP contribution in [0.3, 0.4) is 0 Å². The largest absolute Gasteiger partial charge is 0.397 e. The van der Waals surface area contributed by atoms with Crippen LogP contribution in [0.5, 0.6) is 0 Å². The summed E-state index contributed by atoms with van der Waals surface area (Å²) in [7, 11) is 0. The normalized spacial score (nSPS) is 12.4. The summed E-state index contributed by atoms with van der Waals surface area (Å²) in [5.41, 5.74) is 10.4. The van der Waals surface area contributed by atoms with Crippen LogP contribution in [0.25, 0.3) is 0 Å². The van der Waals surface area contributed by atoms with Crippen LogP contribution < -0.4 is 16.4 Å². The Morgan fingerprint density at radius 3 is 2.04 bits per heavy atom. The number of nitrogens with two attached hydrogens (primary N) is 1. The number of hydrogen-bond acceptors (Lipinski definition) is 3. The van der Waals surface area contributed by atoms with Gasteiger partial charge in [-0.1, -0.05) is 36.4 Å². The van der Waals surface area contributed by atoms with Crippen molar-refractivity contribution in [1.82, 2.24) is 4.90 Å². The highest BCUT2D eigenvalue weighted by molar-refractivity contribution is 6.06. The van der Waals surface area contributed by atoms with Crippen LogP contribution in [0.15, 0.2) is 72.8 Å². The van der Waals surface area contributed by atoms with Gasteiger partial charge in [0.05, 0.1) is 11.4 Å². The molecule has 4 N–H and O–H groups in total. The molecule has 3 aromatic carbocycles. The second-order valence-electron chi connectivity index (χ2n) is 6.67. The van der Waals surface area contributed by atoms with Gasteiger partial charge in [-0.25, -0.2) is 4.79 Å². The number of fused-ring (bicyclic) bond motifs is 1. The highest BCUT2D eigenvalue weighted by Gasteiger charge is 2.22. The quantitative estimate of drug-likeness (QED) is 0.606. The number of rotatable bonds is 3. The van der Waals surface area contributed by atoms with Gasteiger partial charge in [-0.05, 0) is 47.5 Å². The van der Waals surface area contributed by atoms with E-state index in [-0.39, 0.29) is 11.9 Å². The minimum atomic E-state index is -0.259. The SMILES string of the molecule is Nc1ccccc1NC(=O)c1ccc(NC(=O)N2Cc3ccccc3C2)cc1. The smallest absolute Gasteiger partial charge is 0.322 e. The molecule has 4 rings (SSSR count). The van der Waals surface area contributed by atoms with Crippen molar-refractivity contribution in [2.24, 2.45) is 0 Å². The lowest BCUT2D eigenvalue weighted by molar-refractivity contribution is 0.102. The first-order valence-electron chi connectivity index (χ1n) is 8.99. The molecule has 28 heavy (non-hydrogen) atoms. The van der Waals surface area contributed by atoms with Crippen LogP contribution in [0, 0.1) is 0 Å². The fourth-order valence-corrected chi connectivity index (χ4v) is 3.19. The molecule has 0 aliphatic carbocycles. The Morgan fingerprint density at radius 1 is 0.786 bits per heavy atom. The van der Waals surface area contributed by atoms with Gasteiger partial charge < -0.3 is 21.3 Å². The van der Waals surface area contributed by atoms with Crippen molar-refractivity contribution in [3.05, 3.63) is 89.5 Å². The number of anilines is 3. The number of nitrogens with one attached hydrogen (secondary N) is 2. The topological polar surface area (TPSA) is 87.5 Å². The highest BCUT2D eigenvalue weighted by atomic mass is 16.2. The van der Waals surface area contributed by atoms with Crippen LogP contribution in [0.2, 0.25) is 0 Å². The van der Waals surface area contributed by atoms with E-state index in [9.17, 15) is 9.59 Å². The van der Waals surface area contributed by atoms with Crippen molar-refractivity contribution in [1.29, 1.82) is 0 Å². The molecule has 0 radical (unpaired) electrons. The zero-order valence-corrected chi connectivity index (χ0v) is 15.2. The van der Waals surface area contributed by atoms with Crippen molar-refractivity contribution in [3.8, 4) is 0 Å². The molecule has 0 bridgehead atoms. The number of carbonyl (C=O) groups excluding carboxylic acids is 2. The number of hydrogen-bond donors (Lipinski definition) is 3. The lowest BCUT2D eigenvalue weighted by Crippen LogP contribution is -2.30. The number of urea groups is 1. The number of amides is 3. The Morgan fingerprint density at radius 2 is 1.39 bits per heavy atom. The van der Waals surface area contributed by atoms with E-state index in [1.165, 1.54) is 11.1 Å². The predicted molar refractivity (Wildman–Crippen MR) is 110 cm³/mol. The maximum absolute atomic E-state index is 12.5. The number of nitrogen functional groups attached to an aromatic ring is 1. The van der Waals surface area contributed by atoms with Gasteiger partial charge in [-0.3, -0.25) is 4.79 Å². The Bertz CT molecular complexity index is 1010. The summed E-state index contributed by atoms with van der Waals surface area (Å²) in [5.74, 6) is -0.259. The Hall–Kier alpha value is -3.80. The zero-order chi connectivity index (χ0) is 19.5. The zero-order valence-electron chi connectivity index (χ0n) is 15.2. The van der Waals surface area contributed by atoms with Gasteiger partial charge in [0.15, 0.2) is 0 Å². The molecule has 1 aliphatic rings. The van der Waals surface area contributed by atoms with Crippen LogP contribution in [-0.2, 0) is 13.1 Å². The van der Waals surface area contributed by atoms with Crippen molar-refractivity contribution in [3.63, 3.8) is 0 Å². The molecule has 1 aliphatic heterocycles. The second kappa shape index (κ2) is 7.44. The van der Waals surface area contributed by atoms with Gasteiger partial charge in [0.2, 0.25) is 0 Å². The number of nitrogens with zero attached hydrogens (tertiary/aromatic N) is 1. The molecule has 6 nitrogen and oxygen atoms in total. The standard InChI is InChI=1S/C22H20N4O2/c23-19-7-3-4-8-20(19)25-21(27)15-9-11-18(12-10-15)24-22(28)26-13-16-5-1-2-6-17(16)14-26/h1-12H,13-14,23H2,(H,24,28)(H,25,27). The molecule has 0 aromatic heterocycles. The fourth-order valence-electron chi connectivity index (χ4n) is 3.19. The molecule has 6 heteroatoms. The van der Waals surface area contributed by atoms with Crippen molar-refractivity contribution in [2.75, 3.05) is 16.4 Å². The van der Waals surface area contributed by atoms with E-state index < -0.39 is 0 Å². The average molecular weight is 372 g/mol. The summed E-state index contributed by atoms with van der Waals surface area (Å²) < 4.78 is 0. The summed E-state index contributed by atoms with van der Waals surface area (Å²) in [6.45, 7) is 1.20. The Kier molecular flexibility index (Phi) is 4.68. The van der Waals surface area contributed by atoms with Gasteiger partial charge in [0.1, 0.15) is 0 Å². The van der Waals surface area contributed by atoms with Gasteiger partial charge in [-0.2, -0.15) is 0 Å². The summed E-state index contributed by atoms with van der Waals surface area (Å²) in [6.07, 6.45) is 0. The highest BCUT2D eigenvalue weighted by Crippen LogP contribution is 2.23. The first-order chi connectivity index (χ1) is 13.6. The van der Waals surface area contributed by atoms with Crippen LogP contribution in [0.4, 0.5) is 21.9 Å². The molecule has 0 saturated carbocycles. The van der Waals surface area contributed by atoms with E-state index >= 15 is 0 Å². The molecular formula is C22H20N4O2. The monoisotopic (exact) mass is 372 g/mol. The van der Waals surface area contributed by atoms with Crippen LogP contribution >= 0.6 is 0 Å². The first-order valence-corrected chi connectivity index (χ1v) is 8.99. The number of carbonyl (C=O) groups is 2. The van der Waals surface area contributed by atoms with E-state index in [0.717, 1.165) is 0 Å². The van der Waals surface area contributed by atoms with Gasteiger partial charge >= 0.3 is 6.03 Å². The summed E-state index contributed by atoms with van der Waals surface area (Å²) in [4.78, 5) is 26.6. The summed E-state index contributed by atoms with van der Waals surface area (Å²) in [6, 6.07) is 21.7. The molecule has 0 saturated heterocycles. The van der Waals surface area contributed by atoms with E-state index in [1.807, 2.05) is 24.3 Å². The van der Waals surface area contributed by atoms with Crippen molar-refractivity contribution in [2.45, 2.75) is 13.1 Å². The third kappa shape index (κ3) is 3.66. The Labute approximate surface area is 163 Å². The molecule has 0 fully saturated rings. The number of benzene rings is 3. The molecule has 0 spiro atoms. The van der Waals surface area contributed by atoms with Crippen molar-refractivity contribution < 1.29 is 9.59 Å². The van der Waals surface area contributed by atoms with E-state index in [2.05, 4.69) is 10.6 Å². The van der Waals surface area contributed by atoms with Gasteiger partial charge in [0, 0.05) is 24.3 Å². The molecule has 0 atom stereocenters.